The smallest absolute Gasteiger partial charge is 0.273 e. The zero-order chi connectivity index (χ0) is 13.5. The summed E-state index contributed by atoms with van der Waals surface area (Å²) in [5.74, 6) is 0.511. The molecular formula is C12H17N5O. The summed E-state index contributed by atoms with van der Waals surface area (Å²) < 4.78 is 0. The summed E-state index contributed by atoms with van der Waals surface area (Å²) in [6.07, 6.45) is 0.438. The van der Waals surface area contributed by atoms with E-state index in [1.165, 1.54) is 4.90 Å². The van der Waals surface area contributed by atoms with Crippen molar-refractivity contribution in [3.05, 3.63) is 17.8 Å². The normalized spacial score (nSPS) is 9.67. The maximum absolute atomic E-state index is 11.6. The molecular weight excluding hydrogens is 230 g/mol. The summed E-state index contributed by atoms with van der Waals surface area (Å²) >= 11 is 0. The third-order valence-corrected chi connectivity index (χ3v) is 2.48. The molecule has 0 spiro atoms. The van der Waals surface area contributed by atoms with Gasteiger partial charge in [-0.15, -0.1) is 10.2 Å². The highest BCUT2D eigenvalue weighted by atomic mass is 16.2. The van der Waals surface area contributed by atoms with Gasteiger partial charge in [0.15, 0.2) is 11.5 Å². The van der Waals surface area contributed by atoms with E-state index in [9.17, 15) is 4.79 Å². The first-order valence-electron chi connectivity index (χ1n) is 5.77. The molecule has 1 rings (SSSR count). The van der Waals surface area contributed by atoms with E-state index < -0.39 is 0 Å². The van der Waals surface area contributed by atoms with Gasteiger partial charge in [-0.3, -0.25) is 4.79 Å². The van der Waals surface area contributed by atoms with E-state index in [1.807, 2.05) is 11.8 Å². The van der Waals surface area contributed by atoms with Crippen molar-refractivity contribution in [1.82, 2.24) is 15.1 Å². The van der Waals surface area contributed by atoms with Crippen LogP contribution in [-0.4, -0.2) is 48.2 Å². The maximum Gasteiger partial charge on any atom is 0.273 e. The van der Waals surface area contributed by atoms with Gasteiger partial charge in [0, 0.05) is 27.2 Å². The predicted molar refractivity (Wildman–Crippen MR) is 68.2 cm³/mol. The number of hydrogen-bond donors (Lipinski definition) is 0. The van der Waals surface area contributed by atoms with Crippen LogP contribution in [0.3, 0.4) is 0 Å². The average Bonchev–Trinajstić information content (AvgIpc) is 2.39. The SMILES string of the molecule is CCN(CCC#N)c1ccc(C(=O)N(C)C)nn1. The third kappa shape index (κ3) is 3.42. The van der Waals surface area contributed by atoms with Gasteiger partial charge in [-0.1, -0.05) is 0 Å². The van der Waals surface area contributed by atoms with E-state index >= 15 is 0 Å². The van der Waals surface area contributed by atoms with Crippen molar-refractivity contribution in [3.63, 3.8) is 0 Å². The molecule has 6 heteroatoms. The molecule has 0 atom stereocenters. The van der Waals surface area contributed by atoms with E-state index in [0.717, 1.165) is 6.54 Å². The number of carbonyl (C=O) groups is 1. The highest BCUT2D eigenvalue weighted by Gasteiger charge is 2.12. The predicted octanol–water partition coefficient (Wildman–Crippen LogP) is 0.918. The number of amides is 1. The van der Waals surface area contributed by atoms with Crippen LogP contribution in [0.4, 0.5) is 5.82 Å². The molecule has 1 amide bonds. The van der Waals surface area contributed by atoms with E-state index in [-0.39, 0.29) is 5.91 Å². The highest BCUT2D eigenvalue weighted by Crippen LogP contribution is 2.10. The van der Waals surface area contributed by atoms with Gasteiger partial charge in [-0.2, -0.15) is 5.26 Å². The summed E-state index contributed by atoms with van der Waals surface area (Å²) in [6.45, 7) is 3.35. The van der Waals surface area contributed by atoms with Crippen molar-refractivity contribution in [2.75, 3.05) is 32.1 Å². The summed E-state index contributed by atoms with van der Waals surface area (Å²) in [4.78, 5) is 15.0. The zero-order valence-electron chi connectivity index (χ0n) is 10.9. The first-order chi connectivity index (χ1) is 8.60. The lowest BCUT2D eigenvalue weighted by molar-refractivity contribution is 0.0821. The van der Waals surface area contributed by atoms with Crippen LogP contribution in [0.1, 0.15) is 23.8 Å². The summed E-state index contributed by atoms with van der Waals surface area (Å²) in [6, 6.07) is 5.50. The van der Waals surface area contributed by atoms with Crippen LogP contribution < -0.4 is 4.90 Å². The first kappa shape index (κ1) is 13.9. The molecule has 0 unspecified atom stereocenters. The van der Waals surface area contributed by atoms with Gasteiger partial charge in [0.25, 0.3) is 5.91 Å². The first-order valence-corrected chi connectivity index (χ1v) is 5.77. The van der Waals surface area contributed by atoms with Crippen LogP contribution in [0.25, 0.3) is 0 Å². The molecule has 18 heavy (non-hydrogen) atoms. The van der Waals surface area contributed by atoms with Crippen LogP contribution in [0.2, 0.25) is 0 Å². The van der Waals surface area contributed by atoms with Crippen molar-refractivity contribution in [2.24, 2.45) is 0 Å². The lowest BCUT2D eigenvalue weighted by atomic mass is 10.3. The molecule has 1 heterocycles. The molecule has 1 aromatic heterocycles. The largest absolute Gasteiger partial charge is 0.354 e. The molecule has 0 aliphatic heterocycles. The lowest BCUT2D eigenvalue weighted by Gasteiger charge is -2.19. The number of nitrogens with zero attached hydrogens (tertiary/aromatic N) is 5. The molecule has 1 aromatic rings. The minimum absolute atomic E-state index is 0.172. The minimum atomic E-state index is -0.172. The Labute approximate surface area is 107 Å². The van der Waals surface area contributed by atoms with E-state index in [0.29, 0.717) is 24.5 Å². The standard InChI is InChI=1S/C12H17N5O/c1-4-17(9-5-8-13)11-7-6-10(14-15-11)12(18)16(2)3/h6-7H,4-5,9H2,1-3H3. The molecule has 0 saturated heterocycles. The number of anilines is 1. The van der Waals surface area contributed by atoms with Crippen LogP contribution in [0.5, 0.6) is 0 Å². The van der Waals surface area contributed by atoms with Gasteiger partial charge in [0.1, 0.15) is 0 Å². The van der Waals surface area contributed by atoms with Gasteiger partial charge >= 0.3 is 0 Å². The number of hydrogen-bond acceptors (Lipinski definition) is 5. The van der Waals surface area contributed by atoms with Gasteiger partial charge in [0.2, 0.25) is 0 Å². The Balaban J connectivity index is 2.81. The van der Waals surface area contributed by atoms with E-state index in [4.69, 9.17) is 5.26 Å². The molecule has 0 fully saturated rings. The Morgan fingerprint density at radius 1 is 1.39 bits per heavy atom. The number of nitriles is 1. The van der Waals surface area contributed by atoms with E-state index in [1.54, 1.807) is 26.2 Å². The van der Waals surface area contributed by atoms with Crippen LogP contribution in [-0.2, 0) is 0 Å². The topological polar surface area (TPSA) is 73.1 Å². The number of carbonyl (C=O) groups excluding carboxylic acids is 1. The molecule has 96 valence electrons. The minimum Gasteiger partial charge on any atom is -0.354 e. The molecule has 0 aromatic carbocycles. The Bertz CT molecular complexity index is 435. The van der Waals surface area contributed by atoms with Crippen molar-refractivity contribution in [2.45, 2.75) is 13.3 Å². The molecule has 6 nitrogen and oxygen atoms in total. The van der Waals surface area contributed by atoms with E-state index in [2.05, 4.69) is 16.3 Å². The Morgan fingerprint density at radius 2 is 2.11 bits per heavy atom. The van der Waals surface area contributed by atoms with Crippen molar-refractivity contribution < 1.29 is 4.79 Å². The van der Waals surface area contributed by atoms with Crippen molar-refractivity contribution >= 4 is 11.7 Å². The second-order valence-corrected chi connectivity index (χ2v) is 3.96. The fraction of sp³-hybridized carbons (Fsp3) is 0.500. The fourth-order valence-corrected chi connectivity index (χ4v) is 1.46. The monoisotopic (exact) mass is 247 g/mol. The van der Waals surface area contributed by atoms with Crippen molar-refractivity contribution in [1.29, 1.82) is 5.26 Å². The number of rotatable bonds is 5. The molecule has 0 N–H and O–H groups in total. The van der Waals surface area contributed by atoms with Gasteiger partial charge in [0.05, 0.1) is 12.5 Å². The van der Waals surface area contributed by atoms with Crippen LogP contribution >= 0.6 is 0 Å². The average molecular weight is 247 g/mol. The Hall–Kier alpha value is -2.16. The lowest BCUT2D eigenvalue weighted by Crippen LogP contribution is -2.26. The summed E-state index contributed by atoms with van der Waals surface area (Å²) in [5.41, 5.74) is 0.320. The van der Waals surface area contributed by atoms with Crippen LogP contribution in [0.15, 0.2) is 12.1 Å². The Kier molecular flexibility index (Phi) is 5.06. The highest BCUT2D eigenvalue weighted by molar-refractivity contribution is 5.91. The number of aromatic nitrogens is 2. The third-order valence-electron chi connectivity index (χ3n) is 2.48. The fourth-order valence-electron chi connectivity index (χ4n) is 1.46. The second-order valence-electron chi connectivity index (χ2n) is 3.96. The molecule has 0 bridgehead atoms. The maximum atomic E-state index is 11.6. The van der Waals surface area contributed by atoms with Crippen molar-refractivity contribution in [3.8, 4) is 6.07 Å². The Morgan fingerprint density at radius 3 is 2.56 bits per heavy atom. The van der Waals surface area contributed by atoms with Crippen LogP contribution in [0, 0.1) is 11.3 Å². The quantitative estimate of drug-likeness (QED) is 0.773. The van der Waals surface area contributed by atoms with Gasteiger partial charge < -0.3 is 9.80 Å². The second kappa shape index (κ2) is 6.55. The van der Waals surface area contributed by atoms with Gasteiger partial charge in [-0.05, 0) is 19.1 Å². The molecule has 0 saturated carbocycles. The summed E-state index contributed by atoms with van der Waals surface area (Å²) in [7, 11) is 3.34. The summed E-state index contributed by atoms with van der Waals surface area (Å²) in [5, 5.41) is 16.5. The zero-order valence-corrected chi connectivity index (χ0v) is 10.9. The van der Waals surface area contributed by atoms with Gasteiger partial charge in [-0.25, -0.2) is 0 Å². The molecule has 0 radical (unpaired) electrons. The molecule has 0 aliphatic rings. The molecule has 0 aliphatic carbocycles.